The van der Waals surface area contributed by atoms with E-state index < -0.39 is 0 Å². The SMILES string of the molecule is COc1c(SC)ccc(C2(CN)CCCCC2)c1OC. The van der Waals surface area contributed by atoms with Gasteiger partial charge in [-0.25, -0.2) is 0 Å². The van der Waals surface area contributed by atoms with E-state index in [2.05, 4.69) is 18.4 Å². The fourth-order valence-corrected chi connectivity index (χ4v) is 3.90. The number of hydrogen-bond donors (Lipinski definition) is 1. The highest BCUT2D eigenvalue weighted by atomic mass is 32.2. The molecule has 3 nitrogen and oxygen atoms in total. The minimum Gasteiger partial charge on any atom is -0.493 e. The summed E-state index contributed by atoms with van der Waals surface area (Å²) in [5.74, 6) is 1.71. The molecule has 0 spiro atoms. The summed E-state index contributed by atoms with van der Waals surface area (Å²) in [5.41, 5.74) is 7.42. The summed E-state index contributed by atoms with van der Waals surface area (Å²) >= 11 is 1.68. The maximum Gasteiger partial charge on any atom is 0.174 e. The molecule has 4 heteroatoms. The van der Waals surface area contributed by atoms with E-state index in [0.717, 1.165) is 29.2 Å². The van der Waals surface area contributed by atoms with Crippen LogP contribution < -0.4 is 15.2 Å². The summed E-state index contributed by atoms with van der Waals surface area (Å²) in [4.78, 5) is 1.11. The second-order valence-electron chi connectivity index (χ2n) is 5.43. The van der Waals surface area contributed by atoms with Gasteiger partial charge < -0.3 is 15.2 Å². The zero-order valence-electron chi connectivity index (χ0n) is 12.7. The predicted molar refractivity (Wildman–Crippen MR) is 85.1 cm³/mol. The summed E-state index contributed by atoms with van der Waals surface area (Å²) in [6.07, 6.45) is 8.13. The van der Waals surface area contributed by atoms with Crippen LogP contribution in [0, 0.1) is 0 Å². The Kier molecular flexibility index (Phi) is 5.22. The molecule has 1 aliphatic rings. The van der Waals surface area contributed by atoms with Gasteiger partial charge >= 0.3 is 0 Å². The molecule has 0 saturated heterocycles. The van der Waals surface area contributed by atoms with Crippen LogP contribution >= 0.6 is 11.8 Å². The first-order chi connectivity index (χ1) is 9.72. The van der Waals surface area contributed by atoms with Gasteiger partial charge in [-0.1, -0.05) is 25.3 Å². The summed E-state index contributed by atoms with van der Waals surface area (Å²) in [6.45, 7) is 0.672. The van der Waals surface area contributed by atoms with Crippen molar-refractivity contribution in [3.05, 3.63) is 17.7 Å². The lowest BCUT2D eigenvalue weighted by molar-refractivity contribution is 0.279. The normalized spacial score (nSPS) is 17.8. The monoisotopic (exact) mass is 295 g/mol. The maximum absolute atomic E-state index is 6.15. The van der Waals surface area contributed by atoms with Crippen LogP contribution in [0.15, 0.2) is 17.0 Å². The van der Waals surface area contributed by atoms with Crippen molar-refractivity contribution in [2.24, 2.45) is 5.73 Å². The molecule has 2 rings (SSSR count). The summed E-state index contributed by atoms with van der Waals surface area (Å²) in [5, 5.41) is 0. The second-order valence-corrected chi connectivity index (χ2v) is 6.28. The van der Waals surface area contributed by atoms with Crippen molar-refractivity contribution in [1.29, 1.82) is 0 Å². The minimum absolute atomic E-state index is 0.0494. The third-order valence-corrected chi connectivity index (χ3v) is 5.24. The largest absolute Gasteiger partial charge is 0.493 e. The smallest absolute Gasteiger partial charge is 0.174 e. The molecular formula is C16H25NO2S. The Bertz CT molecular complexity index is 456. The molecule has 1 aliphatic carbocycles. The molecule has 1 aromatic rings. The Morgan fingerprint density at radius 2 is 1.75 bits per heavy atom. The predicted octanol–water partition coefficient (Wildman–Crippen LogP) is 3.59. The molecule has 0 bridgehead atoms. The van der Waals surface area contributed by atoms with Gasteiger partial charge in [-0.15, -0.1) is 11.8 Å². The average Bonchev–Trinajstić information content (AvgIpc) is 2.53. The Hall–Kier alpha value is -0.870. The van der Waals surface area contributed by atoms with Crippen LogP contribution in [-0.2, 0) is 5.41 Å². The molecule has 0 unspecified atom stereocenters. The van der Waals surface area contributed by atoms with E-state index in [-0.39, 0.29) is 5.41 Å². The number of methoxy groups -OCH3 is 2. The Morgan fingerprint density at radius 1 is 1.10 bits per heavy atom. The average molecular weight is 295 g/mol. The number of nitrogens with two attached hydrogens (primary N) is 1. The number of hydrogen-bond acceptors (Lipinski definition) is 4. The molecule has 2 N–H and O–H groups in total. The highest BCUT2D eigenvalue weighted by molar-refractivity contribution is 7.98. The van der Waals surface area contributed by atoms with Gasteiger partial charge in [0.1, 0.15) is 0 Å². The lowest BCUT2D eigenvalue weighted by Crippen LogP contribution is -2.37. The zero-order chi connectivity index (χ0) is 14.6. The van der Waals surface area contributed by atoms with Crippen LogP contribution in [0.3, 0.4) is 0 Å². The Balaban J connectivity index is 2.54. The van der Waals surface area contributed by atoms with E-state index in [1.165, 1.54) is 24.8 Å². The molecule has 1 saturated carbocycles. The van der Waals surface area contributed by atoms with E-state index in [0.29, 0.717) is 6.54 Å². The van der Waals surface area contributed by atoms with Crippen LogP contribution in [0.5, 0.6) is 11.5 Å². The van der Waals surface area contributed by atoms with Crippen LogP contribution in [0.25, 0.3) is 0 Å². The molecule has 0 aromatic heterocycles. The van der Waals surface area contributed by atoms with E-state index in [9.17, 15) is 0 Å². The topological polar surface area (TPSA) is 44.5 Å². The van der Waals surface area contributed by atoms with Crippen LogP contribution in [0.1, 0.15) is 37.7 Å². The fourth-order valence-electron chi connectivity index (χ4n) is 3.33. The van der Waals surface area contributed by atoms with Gasteiger partial charge in [-0.3, -0.25) is 0 Å². The number of thioether (sulfide) groups is 1. The molecule has 1 aromatic carbocycles. The number of rotatable bonds is 5. The minimum atomic E-state index is 0.0494. The molecular weight excluding hydrogens is 270 g/mol. The van der Waals surface area contributed by atoms with Crippen molar-refractivity contribution in [3.63, 3.8) is 0 Å². The van der Waals surface area contributed by atoms with Crippen molar-refractivity contribution in [2.45, 2.75) is 42.4 Å². The van der Waals surface area contributed by atoms with Crippen LogP contribution in [0.2, 0.25) is 0 Å². The van der Waals surface area contributed by atoms with Crippen molar-refractivity contribution in [2.75, 3.05) is 27.0 Å². The van der Waals surface area contributed by atoms with Crippen molar-refractivity contribution < 1.29 is 9.47 Å². The van der Waals surface area contributed by atoms with E-state index in [1.54, 1.807) is 26.0 Å². The molecule has 112 valence electrons. The standard InChI is InChI=1S/C16H25NO2S/c1-18-14-12(7-8-13(20-3)15(14)19-2)16(11-17)9-5-4-6-10-16/h7-8H,4-6,9-11,17H2,1-3H3. The van der Waals surface area contributed by atoms with Crippen molar-refractivity contribution in [3.8, 4) is 11.5 Å². The highest BCUT2D eigenvalue weighted by Gasteiger charge is 2.36. The quantitative estimate of drug-likeness (QED) is 0.843. The molecule has 1 fully saturated rings. The van der Waals surface area contributed by atoms with Crippen molar-refractivity contribution in [1.82, 2.24) is 0 Å². The summed E-state index contributed by atoms with van der Waals surface area (Å²) in [7, 11) is 3.43. The Morgan fingerprint density at radius 3 is 2.25 bits per heavy atom. The van der Waals surface area contributed by atoms with E-state index >= 15 is 0 Å². The zero-order valence-corrected chi connectivity index (χ0v) is 13.5. The molecule has 0 atom stereocenters. The molecule has 0 aliphatic heterocycles. The third kappa shape index (κ3) is 2.63. The first-order valence-corrected chi connectivity index (χ1v) is 8.44. The maximum atomic E-state index is 6.15. The highest BCUT2D eigenvalue weighted by Crippen LogP contribution is 2.48. The molecule has 0 radical (unpaired) electrons. The molecule has 0 amide bonds. The lowest BCUT2D eigenvalue weighted by Gasteiger charge is -2.38. The first-order valence-electron chi connectivity index (χ1n) is 7.22. The van der Waals surface area contributed by atoms with Crippen LogP contribution in [0.4, 0.5) is 0 Å². The summed E-state index contributed by atoms with van der Waals surface area (Å²) in [6, 6.07) is 4.32. The summed E-state index contributed by atoms with van der Waals surface area (Å²) < 4.78 is 11.3. The lowest BCUT2D eigenvalue weighted by atomic mass is 9.69. The second kappa shape index (κ2) is 6.72. The van der Waals surface area contributed by atoms with Crippen molar-refractivity contribution >= 4 is 11.8 Å². The van der Waals surface area contributed by atoms with Gasteiger partial charge in [0, 0.05) is 17.5 Å². The first kappa shape index (κ1) is 15.5. The van der Waals surface area contributed by atoms with Gasteiger partial charge in [-0.2, -0.15) is 0 Å². The third-order valence-electron chi connectivity index (χ3n) is 4.48. The molecule has 0 heterocycles. The van der Waals surface area contributed by atoms with E-state index in [1.807, 2.05) is 0 Å². The van der Waals surface area contributed by atoms with Gasteiger partial charge in [-0.05, 0) is 25.2 Å². The fraction of sp³-hybridized carbons (Fsp3) is 0.625. The van der Waals surface area contributed by atoms with Gasteiger partial charge in [0.05, 0.1) is 19.1 Å². The van der Waals surface area contributed by atoms with E-state index in [4.69, 9.17) is 15.2 Å². The van der Waals surface area contributed by atoms with Gasteiger partial charge in [0.2, 0.25) is 0 Å². The van der Waals surface area contributed by atoms with Gasteiger partial charge in [0.15, 0.2) is 11.5 Å². The molecule has 20 heavy (non-hydrogen) atoms. The number of ether oxygens (including phenoxy) is 2. The van der Waals surface area contributed by atoms with Crippen LogP contribution in [-0.4, -0.2) is 27.0 Å². The number of benzene rings is 1. The van der Waals surface area contributed by atoms with Gasteiger partial charge in [0.25, 0.3) is 0 Å². The Labute approximate surface area is 126 Å².